The van der Waals surface area contributed by atoms with Crippen LogP contribution in [0.3, 0.4) is 0 Å². The Bertz CT molecular complexity index is 309. The Morgan fingerprint density at radius 3 is 2.92 bits per heavy atom. The fourth-order valence-corrected chi connectivity index (χ4v) is 3.36. The average Bonchev–Trinajstić information content (AvgIpc) is 2.53. The van der Waals surface area contributed by atoms with Crippen molar-refractivity contribution >= 4 is 22.9 Å². The van der Waals surface area contributed by atoms with Crippen LogP contribution >= 0.6 is 22.9 Å². The van der Waals surface area contributed by atoms with E-state index in [0.717, 1.165) is 16.2 Å². The van der Waals surface area contributed by atoms with Gasteiger partial charge < -0.3 is 5.32 Å². The maximum absolute atomic E-state index is 5.89. The third kappa shape index (κ3) is 1.02. The number of piperidine rings is 1. The lowest BCUT2D eigenvalue weighted by Gasteiger charge is -2.09. The van der Waals surface area contributed by atoms with Gasteiger partial charge >= 0.3 is 0 Å². The van der Waals surface area contributed by atoms with Gasteiger partial charge in [0.15, 0.2) is 0 Å². The van der Waals surface area contributed by atoms with Gasteiger partial charge in [-0.25, -0.2) is 0 Å². The smallest absolute Gasteiger partial charge is 0.0931 e. The van der Waals surface area contributed by atoms with E-state index >= 15 is 0 Å². The first-order valence-electron chi connectivity index (χ1n) is 4.33. The van der Waals surface area contributed by atoms with Crippen molar-refractivity contribution in [2.45, 2.75) is 12.5 Å². The van der Waals surface area contributed by atoms with Crippen molar-refractivity contribution in [2.24, 2.45) is 11.8 Å². The zero-order chi connectivity index (χ0) is 8.13. The van der Waals surface area contributed by atoms with Gasteiger partial charge in [-0.1, -0.05) is 11.6 Å². The van der Waals surface area contributed by atoms with Crippen LogP contribution in [-0.2, 0) is 0 Å². The second-order valence-corrected chi connectivity index (χ2v) is 5.43. The Hall–Kier alpha value is -0.0500. The molecule has 3 unspecified atom stereocenters. The highest BCUT2D eigenvalue weighted by molar-refractivity contribution is 7.16. The summed E-state index contributed by atoms with van der Waals surface area (Å²) in [4.78, 5) is 1.42. The summed E-state index contributed by atoms with van der Waals surface area (Å²) in [6.45, 7) is 1.21. The molecule has 0 radical (unpaired) electrons. The highest BCUT2D eigenvalue weighted by Gasteiger charge is 2.48. The maximum Gasteiger partial charge on any atom is 0.0931 e. The second-order valence-electron chi connectivity index (χ2n) is 3.69. The molecule has 0 amide bonds. The molecule has 1 nitrogen and oxygen atoms in total. The number of hydrogen-bond donors (Lipinski definition) is 1. The van der Waals surface area contributed by atoms with Crippen molar-refractivity contribution in [2.75, 3.05) is 6.54 Å². The van der Waals surface area contributed by atoms with Crippen LogP contribution in [0.1, 0.15) is 17.3 Å². The summed E-state index contributed by atoms with van der Waals surface area (Å²) in [5.41, 5.74) is 0. The molecule has 0 aromatic carbocycles. The van der Waals surface area contributed by atoms with Gasteiger partial charge in [0.05, 0.1) is 4.34 Å². The number of halogens is 1. The third-order valence-electron chi connectivity index (χ3n) is 2.91. The van der Waals surface area contributed by atoms with Gasteiger partial charge in [0, 0.05) is 10.9 Å². The number of fused-ring (bicyclic) bond motifs is 1. The summed E-state index contributed by atoms with van der Waals surface area (Å²) in [6, 6.07) is 4.78. The molecule has 1 saturated heterocycles. The lowest BCUT2D eigenvalue weighted by atomic mass is 10.2. The molecule has 1 saturated carbocycles. The van der Waals surface area contributed by atoms with Gasteiger partial charge in [0.2, 0.25) is 0 Å². The normalized spacial score (nSPS) is 38.2. The van der Waals surface area contributed by atoms with Crippen molar-refractivity contribution in [1.29, 1.82) is 0 Å². The van der Waals surface area contributed by atoms with E-state index in [2.05, 4.69) is 11.4 Å². The minimum absolute atomic E-state index is 0.618. The average molecular weight is 200 g/mol. The Balaban J connectivity index is 1.88. The van der Waals surface area contributed by atoms with Crippen LogP contribution in [0.25, 0.3) is 0 Å². The molecule has 1 aliphatic heterocycles. The summed E-state index contributed by atoms with van der Waals surface area (Å²) >= 11 is 7.61. The first kappa shape index (κ1) is 7.36. The molecular formula is C9H10ClNS. The van der Waals surface area contributed by atoms with Gasteiger partial charge in [-0.05, 0) is 36.9 Å². The standard InChI is InChI=1S/C9H10ClNS/c10-8-2-1-7(12-8)9-6-3-5(6)4-11-9/h1-2,5-6,9,11H,3-4H2. The molecule has 2 fully saturated rings. The molecule has 3 atom stereocenters. The largest absolute Gasteiger partial charge is 0.309 e. The van der Waals surface area contributed by atoms with E-state index in [4.69, 9.17) is 11.6 Å². The van der Waals surface area contributed by atoms with Crippen LogP contribution in [0.2, 0.25) is 4.34 Å². The third-order valence-corrected chi connectivity index (χ3v) is 4.22. The molecule has 0 spiro atoms. The predicted molar refractivity (Wildman–Crippen MR) is 51.7 cm³/mol. The van der Waals surface area contributed by atoms with Crippen molar-refractivity contribution in [3.63, 3.8) is 0 Å². The van der Waals surface area contributed by atoms with Crippen LogP contribution in [0.4, 0.5) is 0 Å². The molecule has 1 aliphatic carbocycles. The van der Waals surface area contributed by atoms with E-state index in [1.165, 1.54) is 17.8 Å². The molecule has 64 valence electrons. The molecule has 0 bridgehead atoms. The van der Waals surface area contributed by atoms with Gasteiger partial charge in [-0.3, -0.25) is 0 Å². The summed E-state index contributed by atoms with van der Waals surface area (Å²) in [5.74, 6) is 1.88. The molecule has 3 heteroatoms. The zero-order valence-corrected chi connectivity index (χ0v) is 8.16. The predicted octanol–water partition coefficient (Wildman–Crippen LogP) is 2.68. The number of nitrogens with one attached hydrogen (secondary N) is 1. The van der Waals surface area contributed by atoms with Crippen LogP contribution in [-0.4, -0.2) is 6.54 Å². The highest BCUT2D eigenvalue weighted by atomic mass is 35.5. The van der Waals surface area contributed by atoms with Crippen LogP contribution in [0.15, 0.2) is 12.1 Å². The van der Waals surface area contributed by atoms with E-state index in [-0.39, 0.29) is 0 Å². The van der Waals surface area contributed by atoms with Crippen molar-refractivity contribution in [3.8, 4) is 0 Å². The Kier molecular flexibility index (Phi) is 1.52. The number of thiophene rings is 1. The number of hydrogen-bond acceptors (Lipinski definition) is 2. The van der Waals surface area contributed by atoms with Crippen molar-refractivity contribution in [3.05, 3.63) is 21.3 Å². The molecule has 1 aromatic heterocycles. The molecule has 2 heterocycles. The van der Waals surface area contributed by atoms with Crippen molar-refractivity contribution < 1.29 is 0 Å². The Morgan fingerprint density at radius 1 is 1.50 bits per heavy atom. The topological polar surface area (TPSA) is 12.0 Å². The molecule has 12 heavy (non-hydrogen) atoms. The van der Waals surface area contributed by atoms with Gasteiger partial charge in [0.1, 0.15) is 0 Å². The minimum atomic E-state index is 0.618. The minimum Gasteiger partial charge on any atom is -0.309 e. The first-order chi connectivity index (χ1) is 5.84. The molecule has 1 aromatic rings. The maximum atomic E-state index is 5.89. The Labute approximate surface area is 80.7 Å². The summed E-state index contributed by atoms with van der Waals surface area (Å²) in [6.07, 6.45) is 1.42. The summed E-state index contributed by atoms with van der Waals surface area (Å²) in [5, 5.41) is 3.54. The monoisotopic (exact) mass is 199 g/mol. The fourth-order valence-electron chi connectivity index (χ4n) is 2.15. The van der Waals surface area contributed by atoms with Crippen LogP contribution in [0.5, 0.6) is 0 Å². The molecular weight excluding hydrogens is 190 g/mol. The molecule has 3 rings (SSSR count). The zero-order valence-electron chi connectivity index (χ0n) is 6.59. The molecule has 1 N–H and O–H groups in total. The number of rotatable bonds is 1. The Morgan fingerprint density at radius 2 is 2.42 bits per heavy atom. The van der Waals surface area contributed by atoms with E-state index in [1.807, 2.05) is 6.07 Å². The van der Waals surface area contributed by atoms with Crippen molar-refractivity contribution in [1.82, 2.24) is 5.32 Å². The lowest BCUT2D eigenvalue weighted by molar-refractivity contribution is 0.572. The van der Waals surface area contributed by atoms with E-state index in [0.29, 0.717) is 6.04 Å². The SMILES string of the molecule is Clc1ccc(C2NCC3CC32)s1. The van der Waals surface area contributed by atoms with Crippen LogP contribution < -0.4 is 5.32 Å². The van der Waals surface area contributed by atoms with Gasteiger partial charge in [-0.15, -0.1) is 11.3 Å². The summed E-state index contributed by atoms with van der Waals surface area (Å²) < 4.78 is 0.913. The quantitative estimate of drug-likeness (QED) is 0.734. The van der Waals surface area contributed by atoms with E-state index in [9.17, 15) is 0 Å². The first-order valence-corrected chi connectivity index (χ1v) is 5.52. The fraction of sp³-hybridized carbons (Fsp3) is 0.556. The molecule has 2 aliphatic rings. The van der Waals surface area contributed by atoms with E-state index < -0.39 is 0 Å². The summed E-state index contributed by atoms with van der Waals surface area (Å²) in [7, 11) is 0. The highest BCUT2D eigenvalue weighted by Crippen LogP contribution is 2.52. The lowest BCUT2D eigenvalue weighted by Crippen LogP contribution is -2.16. The van der Waals surface area contributed by atoms with E-state index in [1.54, 1.807) is 11.3 Å². The van der Waals surface area contributed by atoms with Gasteiger partial charge in [-0.2, -0.15) is 0 Å². The van der Waals surface area contributed by atoms with Crippen LogP contribution in [0, 0.1) is 11.8 Å². The second kappa shape index (κ2) is 2.47. The van der Waals surface area contributed by atoms with Gasteiger partial charge in [0.25, 0.3) is 0 Å².